The molecule has 0 saturated carbocycles. The number of benzene rings is 10. The normalized spacial score (nSPS) is 11.7. The van der Waals surface area contributed by atoms with E-state index in [-0.39, 0.29) is 0 Å². The van der Waals surface area contributed by atoms with Crippen molar-refractivity contribution < 1.29 is 0 Å². The Hall–Kier alpha value is -7.95. The van der Waals surface area contributed by atoms with Crippen LogP contribution in [0.15, 0.2) is 206 Å². The van der Waals surface area contributed by atoms with Crippen LogP contribution in [0.2, 0.25) is 0 Å². The zero-order valence-electron chi connectivity index (χ0n) is 31.9. The highest BCUT2D eigenvalue weighted by atomic mass is 15.0. The van der Waals surface area contributed by atoms with Gasteiger partial charge in [0.1, 0.15) is 0 Å². The Kier molecular flexibility index (Phi) is 7.50. The van der Waals surface area contributed by atoms with Gasteiger partial charge < -0.3 is 4.57 Å². The Labute approximate surface area is 340 Å². The van der Waals surface area contributed by atoms with E-state index in [1.165, 1.54) is 48.8 Å². The number of para-hydroxylation sites is 1. The molecule has 12 aromatic rings. The summed E-state index contributed by atoms with van der Waals surface area (Å²) < 4.78 is 2.44. The Bertz CT molecular complexity index is 3620. The summed E-state index contributed by atoms with van der Waals surface area (Å²) >= 11 is 0. The zero-order valence-corrected chi connectivity index (χ0v) is 31.9. The fourth-order valence-corrected chi connectivity index (χ4v) is 8.95. The maximum atomic E-state index is 5.28. The molecule has 274 valence electrons. The van der Waals surface area contributed by atoms with Crippen molar-refractivity contribution in [3.63, 3.8) is 0 Å². The molecule has 0 N–H and O–H groups in total. The maximum absolute atomic E-state index is 5.28. The molecule has 0 spiro atoms. The fraction of sp³-hybridized carbons (Fsp3) is 0. The molecule has 12 rings (SSSR count). The summed E-state index contributed by atoms with van der Waals surface area (Å²) in [5.74, 6) is 1.90. The second kappa shape index (κ2) is 13.3. The van der Waals surface area contributed by atoms with E-state index in [2.05, 4.69) is 193 Å². The molecule has 2 heterocycles. The standard InChI is InChI=1S/C55H34N4/c1-2-15-37(16-3-1)53-56-54(42-26-25-35-13-4-5-17-38(35)31-42)58-55(57-53)47-29-30-51(48-33-41(27-28-45(47)48)44-23-12-20-36-14-8-9-21-43(36)44)59-50-24-11-10-22-46(50)49-32-39-18-6-7-19-40(39)34-52(49)59/h1-34H. The Morgan fingerprint density at radius 3 is 1.73 bits per heavy atom. The molecule has 4 nitrogen and oxygen atoms in total. The van der Waals surface area contributed by atoms with E-state index in [4.69, 9.17) is 15.0 Å². The van der Waals surface area contributed by atoms with E-state index in [0.29, 0.717) is 17.5 Å². The molecular formula is C55H34N4. The van der Waals surface area contributed by atoms with E-state index in [9.17, 15) is 0 Å². The second-order valence-electron chi connectivity index (χ2n) is 15.2. The van der Waals surface area contributed by atoms with Gasteiger partial charge in [-0.15, -0.1) is 0 Å². The van der Waals surface area contributed by atoms with Crippen molar-refractivity contribution in [1.29, 1.82) is 0 Å². The number of fused-ring (bicyclic) bond motifs is 7. The molecule has 2 aromatic heterocycles. The molecular weight excluding hydrogens is 717 g/mol. The summed E-state index contributed by atoms with van der Waals surface area (Å²) in [6, 6.07) is 73.6. The lowest BCUT2D eigenvalue weighted by atomic mass is 9.94. The van der Waals surface area contributed by atoms with Crippen LogP contribution in [0.5, 0.6) is 0 Å². The van der Waals surface area contributed by atoms with Crippen LogP contribution in [0.25, 0.3) is 116 Å². The molecule has 10 aromatic carbocycles. The summed E-state index contributed by atoms with van der Waals surface area (Å²) in [5.41, 5.74) is 8.60. The lowest BCUT2D eigenvalue weighted by Gasteiger charge is -2.17. The predicted molar refractivity (Wildman–Crippen MR) is 246 cm³/mol. The van der Waals surface area contributed by atoms with Gasteiger partial charge in [-0.25, -0.2) is 15.0 Å². The summed E-state index contributed by atoms with van der Waals surface area (Å²) in [7, 11) is 0. The van der Waals surface area contributed by atoms with Crippen LogP contribution >= 0.6 is 0 Å². The van der Waals surface area contributed by atoms with E-state index < -0.39 is 0 Å². The first kappa shape index (κ1) is 33.2. The minimum absolute atomic E-state index is 0.629. The van der Waals surface area contributed by atoms with Crippen molar-refractivity contribution in [1.82, 2.24) is 19.5 Å². The van der Waals surface area contributed by atoms with E-state index >= 15 is 0 Å². The molecule has 0 atom stereocenters. The van der Waals surface area contributed by atoms with Crippen molar-refractivity contribution in [3.8, 4) is 51.0 Å². The Morgan fingerprint density at radius 2 is 0.898 bits per heavy atom. The fourth-order valence-electron chi connectivity index (χ4n) is 8.95. The maximum Gasteiger partial charge on any atom is 0.164 e. The first-order valence-corrected chi connectivity index (χ1v) is 20.0. The molecule has 0 fully saturated rings. The van der Waals surface area contributed by atoms with E-state index in [1.54, 1.807) is 0 Å². The molecule has 0 bridgehead atoms. The first-order valence-electron chi connectivity index (χ1n) is 20.0. The average molecular weight is 751 g/mol. The van der Waals surface area contributed by atoms with Gasteiger partial charge in [0.15, 0.2) is 17.5 Å². The monoisotopic (exact) mass is 750 g/mol. The van der Waals surface area contributed by atoms with Gasteiger partial charge in [-0.3, -0.25) is 0 Å². The molecule has 0 saturated heterocycles. The third-order valence-corrected chi connectivity index (χ3v) is 11.8. The average Bonchev–Trinajstić information content (AvgIpc) is 3.62. The quantitative estimate of drug-likeness (QED) is 0.176. The molecule has 4 heteroatoms. The lowest BCUT2D eigenvalue weighted by Crippen LogP contribution is -2.02. The second-order valence-corrected chi connectivity index (χ2v) is 15.2. The zero-order chi connectivity index (χ0) is 38.9. The Morgan fingerprint density at radius 1 is 0.271 bits per heavy atom. The van der Waals surface area contributed by atoms with Crippen molar-refractivity contribution in [2.75, 3.05) is 0 Å². The van der Waals surface area contributed by atoms with E-state index in [1.807, 2.05) is 18.2 Å². The van der Waals surface area contributed by atoms with Crippen molar-refractivity contribution in [2.45, 2.75) is 0 Å². The van der Waals surface area contributed by atoms with Crippen molar-refractivity contribution >= 4 is 64.9 Å². The third-order valence-electron chi connectivity index (χ3n) is 11.8. The number of hydrogen-bond acceptors (Lipinski definition) is 3. The van der Waals surface area contributed by atoms with Gasteiger partial charge in [-0.1, -0.05) is 164 Å². The Balaban J connectivity index is 1.16. The topological polar surface area (TPSA) is 43.6 Å². The summed E-state index contributed by atoms with van der Waals surface area (Å²) in [4.78, 5) is 15.6. The van der Waals surface area contributed by atoms with Crippen LogP contribution in [-0.2, 0) is 0 Å². The number of nitrogens with zero attached hydrogens (tertiary/aromatic N) is 4. The molecule has 0 unspecified atom stereocenters. The minimum atomic E-state index is 0.629. The van der Waals surface area contributed by atoms with Gasteiger partial charge in [0, 0.05) is 32.8 Å². The highest BCUT2D eigenvalue weighted by molar-refractivity contribution is 6.15. The molecule has 0 aliphatic carbocycles. The van der Waals surface area contributed by atoms with Crippen molar-refractivity contribution in [2.24, 2.45) is 0 Å². The number of aromatic nitrogens is 4. The van der Waals surface area contributed by atoms with Crippen LogP contribution in [0, 0.1) is 0 Å². The van der Waals surface area contributed by atoms with Crippen LogP contribution in [-0.4, -0.2) is 19.5 Å². The summed E-state index contributed by atoms with van der Waals surface area (Å²) in [6.07, 6.45) is 0. The molecule has 0 radical (unpaired) electrons. The van der Waals surface area contributed by atoms with Crippen molar-refractivity contribution in [3.05, 3.63) is 206 Å². The van der Waals surface area contributed by atoms with Gasteiger partial charge in [0.2, 0.25) is 0 Å². The predicted octanol–water partition coefficient (Wildman–Crippen LogP) is 14.2. The van der Waals surface area contributed by atoms with Crippen LogP contribution in [0.1, 0.15) is 0 Å². The lowest BCUT2D eigenvalue weighted by molar-refractivity contribution is 1.08. The van der Waals surface area contributed by atoms with Crippen LogP contribution in [0.4, 0.5) is 0 Å². The highest BCUT2D eigenvalue weighted by Gasteiger charge is 2.20. The van der Waals surface area contributed by atoms with Gasteiger partial charge in [0.25, 0.3) is 0 Å². The largest absolute Gasteiger partial charge is 0.309 e. The summed E-state index contributed by atoms with van der Waals surface area (Å²) in [5, 5.41) is 11.8. The van der Waals surface area contributed by atoms with Gasteiger partial charge in [-0.2, -0.15) is 0 Å². The van der Waals surface area contributed by atoms with Gasteiger partial charge in [-0.05, 0) is 91.3 Å². The highest BCUT2D eigenvalue weighted by Crippen LogP contribution is 2.41. The summed E-state index contributed by atoms with van der Waals surface area (Å²) in [6.45, 7) is 0. The van der Waals surface area contributed by atoms with Crippen LogP contribution < -0.4 is 0 Å². The number of hydrogen-bond donors (Lipinski definition) is 0. The van der Waals surface area contributed by atoms with Crippen LogP contribution in [0.3, 0.4) is 0 Å². The first-order chi connectivity index (χ1) is 29.2. The smallest absolute Gasteiger partial charge is 0.164 e. The molecule has 0 aliphatic rings. The third kappa shape index (κ3) is 5.49. The molecule has 59 heavy (non-hydrogen) atoms. The van der Waals surface area contributed by atoms with Gasteiger partial charge >= 0.3 is 0 Å². The van der Waals surface area contributed by atoms with Gasteiger partial charge in [0.05, 0.1) is 16.7 Å². The van der Waals surface area contributed by atoms with E-state index in [0.717, 1.165) is 49.6 Å². The molecule has 0 amide bonds. The minimum Gasteiger partial charge on any atom is -0.309 e. The SMILES string of the molecule is c1ccc(-c2nc(-c3ccc4ccccc4c3)nc(-c3ccc(-n4c5ccccc5c5cc6ccccc6cc54)c4cc(-c5cccc6ccccc56)ccc34)n2)cc1. The number of rotatable bonds is 5. The molecule has 0 aliphatic heterocycles.